The minimum absolute atomic E-state index is 0.325. The first-order chi connectivity index (χ1) is 10.7. The number of aromatic nitrogens is 4. The fourth-order valence-corrected chi connectivity index (χ4v) is 2.18. The predicted octanol–water partition coefficient (Wildman–Crippen LogP) is 2.23. The van der Waals surface area contributed by atoms with Gasteiger partial charge < -0.3 is 15.5 Å². The van der Waals surface area contributed by atoms with Gasteiger partial charge in [0.25, 0.3) is 0 Å². The molecule has 22 heavy (non-hydrogen) atoms. The minimum atomic E-state index is -0.400. The zero-order valence-electron chi connectivity index (χ0n) is 12.0. The van der Waals surface area contributed by atoms with E-state index in [9.17, 15) is 4.79 Å². The van der Waals surface area contributed by atoms with Crippen molar-refractivity contribution >= 4 is 11.7 Å². The Bertz CT molecular complexity index is 806. The molecule has 4 N–H and O–H groups in total. The fraction of sp³-hybridized carbons (Fsp3) is 0.133. The molecule has 1 aromatic carbocycles. The molecule has 0 saturated carbocycles. The Kier molecular flexibility index (Phi) is 3.61. The Hall–Kier alpha value is -3.09. The Morgan fingerprint density at radius 1 is 1.23 bits per heavy atom. The highest BCUT2D eigenvalue weighted by Gasteiger charge is 2.16. The van der Waals surface area contributed by atoms with Gasteiger partial charge in [0, 0.05) is 23.0 Å². The topological polar surface area (TPSA) is 110 Å². The summed E-state index contributed by atoms with van der Waals surface area (Å²) in [6.45, 7) is 2.09. The number of hydrogen-bond donors (Lipinski definition) is 3. The van der Waals surface area contributed by atoms with E-state index in [2.05, 4.69) is 20.4 Å². The number of benzene rings is 1. The predicted molar refractivity (Wildman–Crippen MR) is 82.0 cm³/mol. The summed E-state index contributed by atoms with van der Waals surface area (Å²) in [6.07, 6.45) is 1.69. The molecule has 0 aliphatic carbocycles. The van der Waals surface area contributed by atoms with Crippen molar-refractivity contribution in [3.05, 3.63) is 42.2 Å². The van der Waals surface area contributed by atoms with Crippen LogP contribution < -0.4 is 5.73 Å². The first-order valence-corrected chi connectivity index (χ1v) is 6.81. The van der Waals surface area contributed by atoms with Crippen molar-refractivity contribution in [3.8, 4) is 22.5 Å². The number of H-pyrrole nitrogens is 2. The van der Waals surface area contributed by atoms with Crippen molar-refractivity contribution in [1.82, 2.24) is 20.4 Å². The molecule has 112 valence electrons. The highest BCUT2D eigenvalue weighted by atomic mass is 16.5. The molecule has 3 rings (SSSR count). The van der Waals surface area contributed by atoms with Crippen LogP contribution in [0.3, 0.4) is 0 Å². The first kappa shape index (κ1) is 13.9. The van der Waals surface area contributed by atoms with Gasteiger partial charge in [-0.05, 0) is 25.1 Å². The average molecular weight is 297 g/mol. The Labute approximate surface area is 126 Å². The second kappa shape index (κ2) is 5.72. The van der Waals surface area contributed by atoms with E-state index in [0.717, 1.165) is 11.1 Å². The number of nitrogen functional groups attached to an aromatic ring is 1. The number of carbonyl (C=O) groups is 1. The van der Waals surface area contributed by atoms with Crippen molar-refractivity contribution in [1.29, 1.82) is 0 Å². The molecule has 7 heteroatoms. The van der Waals surface area contributed by atoms with Gasteiger partial charge in [0.2, 0.25) is 0 Å². The summed E-state index contributed by atoms with van der Waals surface area (Å²) in [5.41, 5.74) is 9.72. The first-order valence-electron chi connectivity index (χ1n) is 6.81. The number of hydrogen-bond acceptors (Lipinski definition) is 5. The molecule has 0 aliphatic rings. The smallest absolute Gasteiger partial charge is 0.354 e. The third kappa shape index (κ3) is 2.56. The summed E-state index contributed by atoms with van der Waals surface area (Å²) in [4.78, 5) is 14.6. The molecule has 0 bridgehead atoms. The third-order valence-corrected chi connectivity index (χ3v) is 3.16. The molecular formula is C15H15N5O2. The summed E-state index contributed by atoms with van der Waals surface area (Å²) < 4.78 is 4.96. The normalized spacial score (nSPS) is 10.6. The highest BCUT2D eigenvalue weighted by Crippen LogP contribution is 2.29. The summed E-state index contributed by atoms with van der Waals surface area (Å²) in [5, 5.41) is 10.9. The fourth-order valence-electron chi connectivity index (χ4n) is 2.18. The van der Waals surface area contributed by atoms with Crippen LogP contribution in [0.15, 0.2) is 36.5 Å². The summed E-state index contributed by atoms with van der Waals surface area (Å²) in [7, 11) is 0. The molecule has 0 spiro atoms. The number of nitrogens with two attached hydrogens (primary N) is 1. The van der Waals surface area contributed by atoms with Gasteiger partial charge in [0.05, 0.1) is 6.61 Å². The monoisotopic (exact) mass is 297 g/mol. The molecular weight excluding hydrogens is 282 g/mol. The van der Waals surface area contributed by atoms with E-state index in [1.807, 2.05) is 18.2 Å². The molecule has 0 aliphatic heterocycles. The van der Waals surface area contributed by atoms with Gasteiger partial charge >= 0.3 is 5.97 Å². The van der Waals surface area contributed by atoms with E-state index in [-0.39, 0.29) is 0 Å². The van der Waals surface area contributed by atoms with Crippen LogP contribution in [0.2, 0.25) is 0 Å². The van der Waals surface area contributed by atoms with Crippen molar-refractivity contribution in [2.75, 3.05) is 12.3 Å². The van der Waals surface area contributed by atoms with Crippen molar-refractivity contribution in [2.45, 2.75) is 6.92 Å². The lowest BCUT2D eigenvalue weighted by atomic mass is 10.1. The van der Waals surface area contributed by atoms with Gasteiger partial charge in [-0.3, -0.25) is 0 Å². The molecule has 0 unspecified atom stereocenters. The van der Waals surface area contributed by atoms with Gasteiger partial charge in [0.1, 0.15) is 17.1 Å². The zero-order valence-corrected chi connectivity index (χ0v) is 12.0. The summed E-state index contributed by atoms with van der Waals surface area (Å²) in [6, 6.07) is 9.06. The van der Waals surface area contributed by atoms with E-state index in [4.69, 9.17) is 10.5 Å². The van der Waals surface area contributed by atoms with Gasteiger partial charge in [0.15, 0.2) is 0 Å². The summed E-state index contributed by atoms with van der Waals surface area (Å²) in [5.74, 6) is -0.400. The molecule has 2 heterocycles. The second-order valence-electron chi connectivity index (χ2n) is 4.67. The van der Waals surface area contributed by atoms with Gasteiger partial charge in [-0.1, -0.05) is 12.1 Å². The number of nitrogens with zero attached hydrogens (tertiary/aromatic N) is 2. The van der Waals surface area contributed by atoms with E-state index >= 15 is 0 Å². The van der Waals surface area contributed by atoms with Crippen LogP contribution in [0.1, 0.15) is 17.4 Å². The average Bonchev–Trinajstić information content (AvgIpc) is 3.16. The number of anilines is 1. The highest BCUT2D eigenvalue weighted by molar-refractivity contribution is 5.90. The van der Waals surface area contributed by atoms with Crippen LogP contribution in [0, 0.1) is 0 Å². The number of ether oxygens (including phenoxy) is 1. The van der Waals surface area contributed by atoms with E-state index in [1.54, 1.807) is 25.3 Å². The van der Waals surface area contributed by atoms with Gasteiger partial charge in [-0.25, -0.2) is 4.79 Å². The lowest BCUT2D eigenvalue weighted by molar-refractivity contribution is 0.0520. The Balaban J connectivity index is 1.97. The molecule has 0 atom stereocenters. The quantitative estimate of drug-likeness (QED) is 0.505. The van der Waals surface area contributed by atoms with Crippen LogP contribution in [-0.4, -0.2) is 33.0 Å². The van der Waals surface area contributed by atoms with E-state index in [1.165, 1.54) is 0 Å². The number of aromatic amines is 2. The number of nitrogens with one attached hydrogen (secondary N) is 2. The van der Waals surface area contributed by atoms with Crippen molar-refractivity contribution in [2.24, 2.45) is 0 Å². The van der Waals surface area contributed by atoms with E-state index < -0.39 is 5.97 Å². The Morgan fingerprint density at radius 2 is 2.00 bits per heavy atom. The van der Waals surface area contributed by atoms with Crippen LogP contribution >= 0.6 is 0 Å². The molecule has 2 aromatic heterocycles. The second-order valence-corrected chi connectivity index (χ2v) is 4.67. The zero-order chi connectivity index (χ0) is 15.5. The summed E-state index contributed by atoms with van der Waals surface area (Å²) >= 11 is 0. The third-order valence-electron chi connectivity index (χ3n) is 3.16. The maximum Gasteiger partial charge on any atom is 0.354 e. The van der Waals surface area contributed by atoms with Crippen LogP contribution in [0.25, 0.3) is 22.5 Å². The largest absolute Gasteiger partial charge is 0.461 e. The molecule has 3 aromatic rings. The van der Waals surface area contributed by atoms with Gasteiger partial charge in [-0.15, -0.1) is 0 Å². The number of carbonyl (C=O) groups excluding carboxylic acids is 1. The Morgan fingerprint density at radius 3 is 2.73 bits per heavy atom. The minimum Gasteiger partial charge on any atom is -0.461 e. The molecule has 7 nitrogen and oxygen atoms in total. The molecule has 0 fully saturated rings. The van der Waals surface area contributed by atoms with Gasteiger partial charge in [-0.2, -0.15) is 15.4 Å². The molecule has 0 saturated heterocycles. The SMILES string of the molecule is CCOC(=O)c1cc(-c2n[nH]nc2-c2cccc(N)c2)c[nH]1. The molecule has 0 amide bonds. The lowest BCUT2D eigenvalue weighted by Crippen LogP contribution is -2.04. The standard InChI is InChI=1S/C15H15N5O2/c1-2-22-15(21)12-7-10(8-17-12)14-13(18-20-19-14)9-4-3-5-11(16)6-9/h3-8,17H,2,16H2,1H3,(H,18,19,20). The maximum absolute atomic E-state index is 11.7. The number of esters is 1. The lowest BCUT2D eigenvalue weighted by Gasteiger charge is -2.00. The van der Waals surface area contributed by atoms with Crippen LogP contribution in [0.5, 0.6) is 0 Å². The van der Waals surface area contributed by atoms with Crippen LogP contribution in [0.4, 0.5) is 5.69 Å². The van der Waals surface area contributed by atoms with E-state index in [0.29, 0.717) is 29.4 Å². The number of rotatable bonds is 4. The van der Waals surface area contributed by atoms with Crippen molar-refractivity contribution in [3.63, 3.8) is 0 Å². The van der Waals surface area contributed by atoms with Crippen molar-refractivity contribution < 1.29 is 9.53 Å². The molecule has 0 radical (unpaired) electrons. The van der Waals surface area contributed by atoms with Crippen LogP contribution in [-0.2, 0) is 4.74 Å². The maximum atomic E-state index is 11.7.